The summed E-state index contributed by atoms with van der Waals surface area (Å²) < 4.78 is 5.57. The Kier molecular flexibility index (Phi) is 8.15. The molecule has 0 saturated carbocycles. The van der Waals surface area contributed by atoms with Gasteiger partial charge in [-0.1, -0.05) is 53.5 Å². The van der Waals surface area contributed by atoms with Gasteiger partial charge < -0.3 is 15.0 Å². The summed E-state index contributed by atoms with van der Waals surface area (Å²) in [5, 5.41) is 3.64. The lowest BCUT2D eigenvalue weighted by Crippen LogP contribution is -2.50. The highest BCUT2D eigenvalue weighted by Gasteiger charge is 2.27. The number of ether oxygens (including phenoxy) is 1. The first-order chi connectivity index (χ1) is 13.3. The maximum absolute atomic E-state index is 12.9. The zero-order valence-corrected chi connectivity index (χ0v) is 17.6. The van der Waals surface area contributed by atoms with Crippen LogP contribution in [0.15, 0.2) is 48.5 Å². The van der Waals surface area contributed by atoms with E-state index in [4.69, 9.17) is 27.9 Å². The van der Waals surface area contributed by atoms with E-state index in [9.17, 15) is 9.59 Å². The molecule has 0 aliphatic rings. The molecule has 2 aromatic rings. The van der Waals surface area contributed by atoms with E-state index in [-0.39, 0.29) is 24.5 Å². The molecular formula is C21H24Cl2N2O3. The van der Waals surface area contributed by atoms with Crippen molar-refractivity contribution >= 4 is 35.0 Å². The van der Waals surface area contributed by atoms with E-state index >= 15 is 0 Å². The van der Waals surface area contributed by atoms with Gasteiger partial charge in [-0.25, -0.2) is 0 Å². The summed E-state index contributed by atoms with van der Waals surface area (Å²) in [7, 11) is 0. The zero-order valence-electron chi connectivity index (χ0n) is 16.1. The molecule has 1 atom stereocenters. The Labute approximate surface area is 175 Å². The number of hydrogen-bond donors (Lipinski definition) is 1. The Morgan fingerprint density at radius 1 is 1.07 bits per heavy atom. The average Bonchev–Trinajstić information content (AvgIpc) is 2.65. The maximum Gasteiger partial charge on any atom is 0.261 e. The molecule has 0 radical (unpaired) electrons. The van der Waals surface area contributed by atoms with Crippen LogP contribution in [0.5, 0.6) is 5.75 Å². The van der Waals surface area contributed by atoms with Gasteiger partial charge in [0.2, 0.25) is 5.91 Å². The molecule has 5 nitrogen and oxygen atoms in total. The van der Waals surface area contributed by atoms with Crippen LogP contribution in [0.4, 0.5) is 0 Å². The van der Waals surface area contributed by atoms with Crippen molar-refractivity contribution in [2.45, 2.75) is 39.4 Å². The van der Waals surface area contributed by atoms with E-state index in [1.54, 1.807) is 25.1 Å². The predicted molar refractivity (Wildman–Crippen MR) is 112 cm³/mol. The first-order valence-electron chi connectivity index (χ1n) is 8.99. The highest BCUT2D eigenvalue weighted by molar-refractivity contribution is 6.35. The van der Waals surface area contributed by atoms with Crippen LogP contribution in [0.3, 0.4) is 0 Å². The van der Waals surface area contributed by atoms with Gasteiger partial charge >= 0.3 is 0 Å². The van der Waals surface area contributed by atoms with Crippen LogP contribution in [0.2, 0.25) is 10.0 Å². The number of carbonyl (C=O) groups is 2. The molecule has 150 valence electrons. The number of rotatable bonds is 8. The standard InChI is InChI=1S/C21H24Cl2N2O3/c1-14(2)24-21(27)15(3)25(12-16-7-5-4-6-8-16)20(26)13-28-19-10-9-17(22)11-18(19)23/h4-11,14-15H,12-13H2,1-3H3,(H,24,27)/t15-/m0/s1. The van der Waals surface area contributed by atoms with E-state index < -0.39 is 6.04 Å². The van der Waals surface area contributed by atoms with Crippen molar-refractivity contribution in [3.63, 3.8) is 0 Å². The summed E-state index contributed by atoms with van der Waals surface area (Å²) in [6.07, 6.45) is 0. The van der Waals surface area contributed by atoms with Crippen LogP contribution in [0.1, 0.15) is 26.3 Å². The van der Waals surface area contributed by atoms with Crippen molar-refractivity contribution in [1.82, 2.24) is 10.2 Å². The molecular weight excluding hydrogens is 399 g/mol. The van der Waals surface area contributed by atoms with E-state index in [1.165, 1.54) is 4.90 Å². The predicted octanol–water partition coefficient (Wildman–Crippen LogP) is 4.31. The molecule has 0 aliphatic heterocycles. The van der Waals surface area contributed by atoms with Gasteiger partial charge in [-0.3, -0.25) is 9.59 Å². The van der Waals surface area contributed by atoms with Gasteiger partial charge in [0.25, 0.3) is 5.91 Å². The van der Waals surface area contributed by atoms with Crippen LogP contribution >= 0.6 is 23.2 Å². The lowest BCUT2D eigenvalue weighted by molar-refractivity contribution is -0.142. The molecule has 0 unspecified atom stereocenters. The number of nitrogens with zero attached hydrogens (tertiary/aromatic N) is 1. The van der Waals surface area contributed by atoms with Crippen molar-refractivity contribution in [2.75, 3.05) is 6.61 Å². The van der Waals surface area contributed by atoms with Gasteiger partial charge in [0.15, 0.2) is 6.61 Å². The van der Waals surface area contributed by atoms with Gasteiger partial charge in [-0.05, 0) is 44.5 Å². The monoisotopic (exact) mass is 422 g/mol. The van der Waals surface area contributed by atoms with Crippen molar-refractivity contribution in [3.05, 3.63) is 64.1 Å². The van der Waals surface area contributed by atoms with Gasteiger partial charge in [0.1, 0.15) is 11.8 Å². The smallest absolute Gasteiger partial charge is 0.261 e. The molecule has 2 rings (SSSR count). The quantitative estimate of drug-likeness (QED) is 0.688. The second kappa shape index (κ2) is 10.3. The normalized spacial score (nSPS) is 11.8. The van der Waals surface area contributed by atoms with Crippen LogP contribution in [0, 0.1) is 0 Å². The highest BCUT2D eigenvalue weighted by Crippen LogP contribution is 2.27. The van der Waals surface area contributed by atoms with Crippen molar-refractivity contribution in [2.24, 2.45) is 0 Å². The zero-order chi connectivity index (χ0) is 20.7. The fourth-order valence-corrected chi connectivity index (χ4v) is 3.05. The molecule has 1 N–H and O–H groups in total. The Morgan fingerprint density at radius 2 is 1.75 bits per heavy atom. The molecule has 0 bridgehead atoms. The molecule has 0 heterocycles. The van der Waals surface area contributed by atoms with Crippen LogP contribution in [-0.4, -0.2) is 35.4 Å². The summed E-state index contributed by atoms with van der Waals surface area (Å²) in [5.41, 5.74) is 0.921. The lowest BCUT2D eigenvalue weighted by atomic mass is 10.1. The Balaban J connectivity index is 2.14. The molecule has 2 aromatic carbocycles. The van der Waals surface area contributed by atoms with Crippen LogP contribution < -0.4 is 10.1 Å². The molecule has 0 saturated heterocycles. The van der Waals surface area contributed by atoms with Crippen molar-refractivity contribution < 1.29 is 14.3 Å². The third-order valence-corrected chi connectivity index (χ3v) is 4.57. The Hall–Kier alpha value is -2.24. The molecule has 0 aromatic heterocycles. The Bertz CT molecular complexity index is 813. The number of amides is 2. The number of carbonyl (C=O) groups excluding carboxylic acids is 2. The first-order valence-corrected chi connectivity index (χ1v) is 9.75. The molecule has 0 fully saturated rings. The molecule has 2 amide bonds. The number of nitrogens with one attached hydrogen (secondary N) is 1. The van der Waals surface area contributed by atoms with Crippen molar-refractivity contribution in [3.8, 4) is 5.75 Å². The Morgan fingerprint density at radius 3 is 2.36 bits per heavy atom. The summed E-state index contributed by atoms with van der Waals surface area (Å²) in [6.45, 7) is 5.50. The SMILES string of the molecule is CC(C)NC(=O)[C@H](C)N(Cc1ccccc1)C(=O)COc1ccc(Cl)cc1Cl. The fourth-order valence-electron chi connectivity index (χ4n) is 2.58. The number of benzene rings is 2. The van der Waals surface area contributed by atoms with Gasteiger partial charge in [-0.2, -0.15) is 0 Å². The fraction of sp³-hybridized carbons (Fsp3) is 0.333. The summed E-state index contributed by atoms with van der Waals surface area (Å²) in [5.74, 6) is -0.177. The van der Waals surface area contributed by atoms with Crippen molar-refractivity contribution in [1.29, 1.82) is 0 Å². The minimum Gasteiger partial charge on any atom is -0.482 e. The lowest BCUT2D eigenvalue weighted by Gasteiger charge is -2.29. The van der Waals surface area contributed by atoms with E-state index in [0.29, 0.717) is 22.3 Å². The average molecular weight is 423 g/mol. The summed E-state index contributed by atoms with van der Waals surface area (Å²) >= 11 is 12.0. The van der Waals surface area contributed by atoms with E-state index in [1.807, 2.05) is 44.2 Å². The van der Waals surface area contributed by atoms with Crippen LogP contribution in [0.25, 0.3) is 0 Å². The van der Waals surface area contributed by atoms with Crippen LogP contribution in [-0.2, 0) is 16.1 Å². The molecule has 0 spiro atoms. The van der Waals surface area contributed by atoms with E-state index in [2.05, 4.69) is 5.32 Å². The van der Waals surface area contributed by atoms with Gasteiger partial charge in [0.05, 0.1) is 5.02 Å². The minimum absolute atomic E-state index is 0.0206. The second-order valence-corrected chi connectivity index (χ2v) is 7.55. The maximum atomic E-state index is 12.9. The van der Waals surface area contributed by atoms with Gasteiger partial charge in [-0.15, -0.1) is 0 Å². The third-order valence-electron chi connectivity index (χ3n) is 4.04. The highest BCUT2D eigenvalue weighted by atomic mass is 35.5. The first kappa shape index (κ1) is 22.1. The molecule has 28 heavy (non-hydrogen) atoms. The summed E-state index contributed by atoms with van der Waals surface area (Å²) in [4.78, 5) is 26.9. The topological polar surface area (TPSA) is 58.6 Å². The third kappa shape index (κ3) is 6.43. The van der Waals surface area contributed by atoms with E-state index in [0.717, 1.165) is 5.56 Å². The largest absolute Gasteiger partial charge is 0.482 e. The number of halogens is 2. The molecule has 0 aliphatic carbocycles. The number of hydrogen-bond acceptors (Lipinski definition) is 3. The summed E-state index contributed by atoms with van der Waals surface area (Å²) in [6, 6.07) is 13.6. The molecule has 7 heteroatoms. The van der Waals surface area contributed by atoms with Gasteiger partial charge in [0, 0.05) is 17.6 Å². The second-order valence-electron chi connectivity index (χ2n) is 6.71. The minimum atomic E-state index is -0.653.